The van der Waals surface area contributed by atoms with Crippen molar-refractivity contribution >= 4 is 0 Å². The highest BCUT2D eigenvalue weighted by molar-refractivity contribution is 5.16. The van der Waals surface area contributed by atoms with Gasteiger partial charge in [0.25, 0.3) is 0 Å². The number of benzene rings is 3. The van der Waals surface area contributed by atoms with Crippen LogP contribution in [0.4, 0.5) is 0 Å². The van der Waals surface area contributed by atoms with Gasteiger partial charge in [0.05, 0.1) is 0 Å². The summed E-state index contributed by atoms with van der Waals surface area (Å²) < 4.78 is 0. The molecule has 0 atom stereocenters. The van der Waals surface area contributed by atoms with Crippen LogP contribution in [0.1, 0.15) is 48.8 Å². The maximum absolute atomic E-state index is 2.27. The molecular weight excluding hydrogens is 324 g/mol. The molecule has 0 radical (unpaired) electrons. The number of hydrogen-bond acceptors (Lipinski definition) is 0. The first-order valence-corrected chi connectivity index (χ1v) is 10.5. The standard InChI is InChI=1S/C27H32/c1-4-12-24(13-5-1)18-10-20-27(23-22-26-16-8-3-9-17-26)21-11-19-25-14-6-2-7-15-25/h1-9,12-17,27H,10-11,18-23H2. The van der Waals surface area contributed by atoms with E-state index in [9.17, 15) is 0 Å². The van der Waals surface area contributed by atoms with E-state index < -0.39 is 0 Å². The second-order valence-corrected chi connectivity index (χ2v) is 7.65. The van der Waals surface area contributed by atoms with Crippen LogP contribution >= 0.6 is 0 Å². The molecule has 0 heterocycles. The predicted molar refractivity (Wildman–Crippen MR) is 117 cm³/mol. The van der Waals surface area contributed by atoms with Crippen LogP contribution in [0.25, 0.3) is 0 Å². The van der Waals surface area contributed by atoms with Crippen molar-refractivity contribution in [1.29, 1.82) is 0 Å². The molecule has 0 unspecified atom stereocenters. The third kappa shape index (κ3) is 7.43. The lowest BCUT2D eigenvalue weighted by Crippen LogP contribution is -2.05. The fraction of sp³-hybridized carbons (Fsp3) is 0.333. The maximum atomic E-state index is 2.27. The van der Waals surface area contributed by atoms with E-state index in [1.165, 1.54) is 68.1 Å². The first-order valence-electron chi connectivity index (χ1n) is 10.5. The van der Waals surface area contributed by atoms with E-state index in [1.54, 1.807) is 0 Å². The monoisotopic (exact) mass is 356 g/mol. The molecule has 0 aliphatic carbocycles. The van der Waals surface area contributed by atoms with Crippen molar-refractivity contribution in [2.24, 2.45) is 5.92 Å². The third-order valence-electron chi connectivity index (χ3n) is 5.53. The lowest BCUT2D eigenvalue weighted by molar-refractivity contribution is 0.397. The molecular formula is C27H32. The predicted octanol–water partition coefficient (Wildman–Crippen LogP) is 7.28. The Morgan fingerprint density at radius 3 is 1.19 bits per heavy atom. The minimum atomic E-state index is 0.831. The molecule has 0 nitrogen and oxygen atoms in total. The zero-order chi connectivity index (χ0) is 18.6. The quantitative estimate of drug-likeness (QED) is 0.338. The summed E-state index contributed by atoms with van der Waals surface area (Å²) in [4.78, 5) is 0. The Morgan fingerprint density at radius 2 is 0.778 bits per heavy atom. The van der Waals surface area contributed by atoms with Gasteiger partial charge in [0.1, 0.15) is 0 Å². The fourth-order valence-electron chi connectivity index (χ4n) is 3.93. The molecule has 0 heteroatoms. The Bertz CT molecular complexity index is 685. The van der Waals surface area contributed by atoms with Crippen LogP contribution in [-0.4, -0.2) is 0 Å². The molecule has 0 fully saturated rings. The van der Waals surface area contributed by atoms with Crippen LogP contribution in [-0.2, 0) is 19.3 Å². The number of aryl methyl sites for hydroxylation is 3. The highest BCUT2D eigenvalue weighted by atomic mass is 14.2. The van der Waals surface area contributed by atoms with Gasteiger partial charge in [-0.25, -0.2) is 0 Å². The van der Waals surface area contributed by atoms with Crippen LogP contribution in [0.5, 0.6) is 0 Å². The zero-order valence-electron chi connectivity index (χ0n) is 16.4. The second-order valence-electron chi connectivity index (χ2n) is 7.65. The molecule has 0 N–H and O–H groups in total. The highest BCUT2D eigenvalue weighted by Gasteiger charge is 2.10. The topological polar surface area (TPSA) is 0 Å². The first kappa shape index (κ1) is 19.4. The Balaban J connectivity index is 1.47. The van der Waals surface area contributed by atoms with Gasteiger partial charge in [-0.3, -0.25) is 0 Å². The number of rotatable bonds is 11. The summed E-state index contributed by atoms with van der Waals surface area (Å²) in [7, 11) is 0. The molecule has 0 saturated carbocycles. The van der Waals surface area contributed by atoms with Gasteiger partial charge in [-0.15, -0.1) is 0 Å². The zero-order valence-corrected chi connectivity index (χ0v) is 16.4. The highest BCUT2D eigenvalue weighted by Crippen LogP contribution is 2.23. The smallest absolute Gasteiger partial charge is 0.0276 e. The van der Waals surface area contributed by atoms with Crippen molar-refractivity contribution in [3.05, 3.63) is 108 Å². The molecule has 0 saturated heterocycles. The molecule has 0 bridgehead atoms. The van der Waals surface area contributed by atoms with Crippen LogP contribution in [0, 0.1) is 5.92 Å². The summed E-state index contributed by atoms with van der Waals surface area (Å²) in [6.45, 7) is 0. The van der Waals surface area contributed by atoms with E-state index in [0.29, 0.717) is 0 Å². The van der Waals surface area contributed by atoms with Gasteiger partial charge in [-0.05, 0) is 61.1 Å². The molecule has 27 heavy (non-hydrogen) atoms. The van der Waals surface area contributed by atoms with Crippen molar-refractivity contribution in [3.63, 3.8) is 0 Å². The van der Waals surface area contributed by atoms with E-state index >= 15 is 0 Å². The first-order chi connectivity index (χ1) is 13.4. The maximum Gasteiger partial charge on any atom is -0.0276 e. The lowest BCUT2D eigenvalue weighted by Gasteiger charge is -2.17. The largest absolute Gasteiger partial charge is 0.0622 e. The van der Waals surface area contributed by atoms with Crippen molar-refractivity contribution < 1.29 is 0 Å². The lowest BCUT2D eigenvalue weighted by atomic mass is 9.88. The van der Waals surface area contributed by atoms with E-state index in [-0.39, 0.29) is 0 Å². The summed E-state index contributed by atoms with van der Waals surface area (Å²) in [6, 6.07) is 32.8. The van der Waals surface area contributed by atoms with Gasteiger partial charge in [0.2, 0.25) is 0 Å². The Kier molecular flexibility index (Phi) is 8.19. The molecule has 140 valence electrons. The van der Waals surface area contributed by atoms with Crippen LogP contribution < -0.4 is 0 Å². The molecule has 0 aliphatic heterocycles. The Morgan fingerprint density at radius 1 is 0.407 bits per heavy atom. The Labute approximate surface area is 165 Å². The van der Waals surface area contributed by atoms with Crippen molar-refractivity contribution in [2.45, 2.75) is 51.4 Å². The van der Waals surface area contributed by atoms with E-state index in [0.717, 1.165) is 5.92 Å². The average molecular weight is 357 g/mol. The van der Waals surface area contributed by atoms with Crippen molar-refractivity contribution in [3.8, 4) is 0 Å². The summed E-state index contributed by atoms with van der Waals surface area (Å²) in [5.41, 5.74) is 4.43. The average Bonchev–Trinajstić information content (AvgIpc) is 2.74. The van der Waals surface area contributed by atoms with Gasteiger partial charge in [-0.2, -0.15) is 0 Å². The van der Waals surface area contributed by atoms with Crippen molar-refractivity contribution in [2.75, 3.05) is 0 Å². The van der Waals surface area contributed by atoms with E-state index in [4.69, 9.17) is 0 Å². The van der Waals surface area contributed by atoms with Crippen LogP contribution in [0.3, 0.4) is 0 Å². The molecule has 0 aromatic heterocycles. The van der Waals surface area contributed by atoms with Gasteiger partial charge < -0.3 is 0 Å². The summed E-state index contributed by atoms with van der Waals surface area (Å²) >= 11 is 0. The molecule has 0 aliphatic rings. The molecule has 0 spiro atoms. The molecule has 3 rings (SSSR count). The van der Waals surface area contributed by atoms with Crippen LogP contribution in [0.2, 0.25) is 0 Å². The van der Waals surface area contributed by atoms with Gasteiger partial charge in [0, 0.05) is 0 Å². The van der Waals surface area contributed by atoms with Crippen LogP contribution in [0.15, 0.2) is 91.0 Å². The van der Waals surface area contributed by atoms with Crippen molar-refractivity contribution in [1.82, 2.24) is 0 Å². The van der Waals surface area contributed by atoms with Gasteiger partial charge in [0.15, 0.2) is 0 Å². The SMILES string of the molecule is c1ccc(CCCC(CCCc2ccccc2)CCc2ccccc2)cc1. The summed E-state index contributed by atoms with van der Waals surface area (Å²) in [5.74, 6) is 0.831. The summed E-state index contributed by atoms with van der Waals surface area (Å²) in [6.07, 6.45) is 10.2. The minimum Gasteiger partial charge on any atom is -0.0622 e. The van der Waals surface area contributed by atoms with E-state index in [1.807, 2.05) is 0 Å². The third-order valence-corrected chi connectivity index (χ3v) is 5.53. The summed E-state index contributed by atoms with van der Waals surface area (Å²) in [5, 5.41) is 0. The van der Waals surface area contributed by atoms with Gasteiger partial charge in [-0.1, -0.05) is 104 Å². The molecule has 3 aromatic rings. The molecule has 3 aromatic carbocycles. The fourth-order valence-corrected chi connectivity index (χ4v) is 3.93. The van der Waals surface area contributed by atoms with Gasteiger partial charge >= 0.3 is 0 Å². The second kappa shape index (κ2) is 11.4. The van der Waals surface area contributed by atoms with E-state index in [2.05, 4.69) is 91.0 Å². The normalized spacial score (nSPS) is 11.0. The number of hydrogen-bond donors (Lipinski definition) is 0. The molecule has 0 amide bonds. The Hall–Kier alpha value is -2.34. The minimum absolute atomic E-state index is 0.831.